The van der Waals surface area contributed by atoms with E-state index in [0.717, 1.165) is 18.3 Å². The van der Waals surface area contributed by atoms with Gasteiger partial charge in [0.15, 0.2) is 6.71 Å². The fourth-order valence-corrected chi connectivity index (χ4v) is 8.76. The predicted octanol–water partition coefficient (Wildman–Crippen LogP) is 10.4. The van der Waals surface area contributed by atoms with Gasteiger partial charge in [-0.3, -0.25) is 0 Å². The van der Waals surface area contributed by atoms with Gasteiger partial charge in [-0.25, -0.2) is 0 Å². The van der Waals surface area contributed by atoms with Crippen molar-refractivity contribution in [3.05, 3.63) is 11.2 Å². The van der Waals surface area contributed by atoms with Gasteiger partial charge in [0, 0.05) is 0 Å². The van der Waals surface area contributed by atoms with E-state index in [1.807, 2.05) is 5.10 Å². The molecule has 0 nitrogen and oxygen atoms in total. The molecule has 2 fully saturated rings. The van der Waals surface area contributed by atoms with Crippen molar-refractivity contribution in [3.63, 3.8) is 0 Å². The van der Waals surface area contributed by atoms with Crippen LogP contribution in [0.4, 0.5) is 0 Å². The summed E-state index contributed by atoms with van der Waals surface area (Å²) >= 11 is 0. The maximum absolute atomic E-state index is 2.83. The highest BCUT2D eigenvalue weighted by Gasteiger charge is 2.39. The molecule has 2 rings (SSSR count). The van der Waals surface area contributed by atoms with Gasteiger partial charge in [-0.2, -0.15) is 0 Å². The van der Waals surface area contributed by atoms with Gasteiger partial charge in [-0.15, -0.1) is 5.10 Å². The zero-order chi connectivity index (χ0) is 21.7. The zero-order valence-electron chi connectivity index (χ0n) is 21.5. The third-order valence-electron chi connectivity index (χ3n) is 8.21. The Kier molecular flexibility index (Phi) is 13.1. The fraction of sp³-hybridized carbons (Fsp3) is 0.929. The lowest BCUT2D eigenvalue weighted by atomic mass is 9.31. The normalized spacial score (nSPS) is 26.1. The average molecular weight is 431 g/mol. The van der Waals surface area contributed by atoms with Crippen LogP contribution in [0.5, 0.6) is 0 Å². The van der Waals surface area contributed by atoms with Gasteiger partial charge in [0.05, 0.1) is 8.07 Å². The molecular weight excluding hydrogens is 375 g/mol. The summed E-state index contributed by atoms with van der Waals surface area (Å²) < 4.78 is 0. The van der Waals surface area contributed by atoms with Crippen LogP contribution < -0.4 is 0 Å². The molecule has 2 heterocycles. The van der Waals surface area contributed by atoms with Gasteiger partial charge in [0.1, 0.15) is 0 Å². The van der Waals surface area contributed by atoms with Crippen LogP contribution in [0.1, 0.15) is 135 Å². The maximum Gasteiger partial charge on any atom is 0.171 e. The Balaban J connectivity index is 2.30. The minimum absolute atomic E-state index is 0.931. The molecule has 0 spiro atoms. The van der Waals surface area contributed by atoms with Crippen LogP contribution in [-0.2, 0) is 0 Å². The van der Waals surface area contributed by atoms with Gasteiger partial charge in [-0.1, -0.05) is 160 Å². The third kappa shape index (κ3) is 9.66. The Morgan fingerprint density at radius 1 is 0.667 bits per heavy atom. The van der Waals surface area contributed by atoms with Crippen molar-refractivity contribution < 1.29 is 0 Å². The van der Waals surface area contributed by atoms with E-state index in [1.165, 1.54) is 128 Å². The van der Waals surface area contributed by atoms with Crippen molar-refractivity contribution >= 4 is 14.8 Å². The minimum Gasteiger partial charge on any atom is -0.114 e. The van der Waals surface area contributed by atoms with Crippen molar-refractivity contribution in [1.29, 1.82) is 0 Å². The average Bonchev–Trinajstić information content (AvgIpc) is 2.78. The first-order chi connectivity index (χ1) is 14.5. The smallest absolute Gasteiger partial charge is 0.114 e. The summed E-state index contributed by atoms with van der Waals surface area (Å²) in [5.41, 5.74) is 0. The standard InChI is InChI=1S/C28H55BSi/c1-5-6-7-11-20-25-28(30(2,3)4)29-26-21-16-12-9-8-10-13-17-22-27(29)24-19-15-14-18-23-26/h25-27H,5-24H2,1-4H3. The summed E-state index contributed by atoms with van der Waals surface area (Å²) in [6.07, 6.45) is 32.4. The molecule has 2 saturated heterocycles. The Bertz CT molecular complexity index is 442. The molecule has 0 aromatic carbocycles. The SMILES string of the molecule is CCCCCCC=C(B1C2CCCCCCCCCC1CCCCCC2)[Si](C)(C)C. The molecule has 2 aliphatic heterocycles. The van der Waals surface area contributed by atoms with E-state index in [2.05, 4.69) is 32.6 Å². The number of hydrogen-bond donors (Lipinski definition) is 0. The summed E-state index contributed by atoms with van der Waals surface area (Å²) in [6.45, 7) is 11.3. The number of fused-ring (bicyclic) bond motifs is 2. The summed E-state index contributed by atoms with van der Waals surface area (Å²) in [5.74, 6) is 1.97. The number of allylic oxidation sites excluding steroid dienone is 1. The van der Waals surface area contributed by atoms with Crippen molar-refractivity contribution in [2.45, 2.75) is 167 Å². The number of hydrogen-bond acceptors (Lipinski definition) is 0. The van der Waals surface area contributed by atoms with Crippen LogP contribution in [-0.4, -0.2) is 14.8 Å². The monoisotopic (exact) mass is 430 g/mol. The van der Waals surface area contributed by atoms with E-state index in [-0.39, 0.29) is 0 Å². The molecule has 174 valence electrons. The van der Waals surface area contributed by atoms with E-state index in [0.29, 0.717) is 0 Å². The van der Waals surface area contributed by atoms with Gasteiger partial charge >= 0.3 is 0 Å². The Hall–Kier alpha value is 0.0218. The van der Waals surface area contributed by atoms with E-state index in [9.17, 15) is 0 Å². The maximum atomic E-state index is 2.83. The third-order valence-corrected chi connectivity index (χ3v) is 10.5. The molecule has 2 aliphatic rings. The highest BCUT2D eigenvalue weighted by molar-refractivity contribution is 6.99. The van der Waals surface area contributed by atoms with E-state index < -0.39 is 8.07 Å². The molecule has 0 aromatic heterocycles. The van der Waals surface area contributed by atoms with Crippen LogP contribution in [0.15, 0.2) is 11.2 Å². The molecule has 2 heteroatoms. The first-order valence-electron chi connectivity index (χ1n) is 14.2. The highest BCUT2D eigenvalue weighted by atomic mass is 28.3. The Morgan fingerprint density at radius 2 is 1.10 bits per heavy atom. The summed E-state index contributed by atoms with van der Waals surface area (Å²) in [4.78, 5) is 0. The van der Waals surface area contributed by atoms with Crippen LogP contribution in [0.3, 0.4) is 0 Å². The topological polar surface area (TPSA) is 0 Å². The molecule has 30 heavy (non-hydrogen) atoms. The first-order valence-corrected chi connectivity index (χ1v) is 17.7. The summed E-state index contributed by atoms with van der Waals surface area (Å²) in [5, 5.41) is 2.01. The molecule has 0 aromatic rings. The zero-order valence-corrected chi connectivity index (χ0v) is 22.5. The van der Waals surface area contributed by atoms with Crippen molar-refractivity contribution in [2.75, 3.05) is 0 Å². The van der Waals surface area contributed by atoms with Crippen molar-refractivity contribution in [1.82, 2.24) is 0 Å². The second-order valence-corrected chi connectivity index (χ2v) is 16.9. The van der Waals surface area contributed by atoms with Crippen LogP contribution in [0, 0.1) is 0 Å². The van der Waals surface area contributed by atoms with E-state index >= 15 is 0 Å². The first kappa shape index (κ1) is 26.3. The van der Waals surface area contributed by atoms with Gasteiger partial charge in [0.25, 0.3) is 0 Å². The number of rotatable bonds is 7. The van der Waals surface area contributed by atoms with Gasteiger partial charge in [0.2, 0.25) is 0 Å². The van der Waals surface area contributed by atoms with Crippen molar-refractivity contribution in [3.8, 4) is 0 Å². The second-order valence-electron chi connectivity index (χ2n) is 11.8. The lowest BCUT2D eigenvalue weighted by molar-refractivity contribution is 0.513. The summed E-state index contributed by atoms with van der Waals surface area (Å²) in [6, 6.07) is 0. The Morgan fingerprint density at radius 3 is 1.50 bits per heavy atom. The molecule has 0 saturated carbocycles. The van der Waals surface area contributed by atoms with Crippen molar-refractivity contribution in [2.24, 2.45) is 0 Å². The van der Waals surface area contributed by atoms with Crippen LogP contribution >= 0.6 is 0 Å². The Labute approximate surface area is 192 Å². The van der Waals surface area contributed by atoms with E-state index in [1.54, 1.807) is 0 Å². The quantitative estimate of drug-likeness (QED) is 0.278. The predicted molar refractivity (Wildman–Crippen MR) is 143 cm³/mol. The van der Waals surface area contributed by atoms with Gasteiger partial charge < -0.3 is 0 Å². The van der Waals surface area contributed by atoms with E-state index in [4.69, 9.17) is 0 Å². The largest absolute Gasteiger partial charge is 0.171 e. The van der Waals surface area contributed by atoms with Gasteiger partial charge in [-0.05, 0) is 12.8 Å². The lowest BCUT2D eigenvalue weighted by Crippen LogP contribution is -2.41. The molecule has 0 radical (unpaired) electrons. The fourth-order valence-electron chi connectivity index (χ4n) is 6.53. The minimum atomic E-state index is -1.29. The summed E-state index contributed by atoms with van der Waals surface area (Å²) in [7, 11) is -1.29. The second kappa shape index (κ2) is 15.0. The molecular formula is C28H55BSi. The highest BCUT2D eigenvalue weighted by Crippen LogP contribution is 2.44. The molecule has 2 unspecified atom stereocenters. The molecule has 2 bridgehead atoms. The molecule has 0 aliphatic carbocycles. The molecule has 2 atom stereocenters. The van der Waals surface area contributed by atoms with Crippen LogP contribution in [0.25, 0.3) is 0 Å². The molecule has 0 N–H and O–H groups in total. The lowest BCUT2D eigenvalue weighted by Gasteiger charge is -2.38. The molecule has 0 amide bonds. The number of unbranched alkanes of at least 4 members (excludes halogenated alkanes) is 4. The van der Waals surface area contributed by atoms with Crippen LogP contribution in [0.2, 0.25) is 31.3 Å².